The van der Waals surface area contributed by atoms with Gasteiger partial charge in [0.25, 0.3) is 10.0 Å². The summed E-state index contributed by atoms with van der Waals surface area (Å²) in [5, 5.41) is 21.9. The number of benzene rings is 2. The van der Waals surface area contributed by atoms with Crippen LogP contribution in [0.4, 0.5) is 0 Å². The Morgan fingerprint density at radius 2 is 1.92 bits per heavy atom. The highest BCUT2D eigenvalue weighted by atomic mass is 32.2. The zero-order valence-corrected chi connectivity index (χ0v) is 23.5. The lowest BCUT2D eigenvalue weighted by atomic mass is 10.1. The minimum Gasteiger partial charge on any atom is -0.496 e. The first kappa shape index (κ1) is 29.3. The van der Waals surface area contributed by atoms with Gasteiger partial charge < -0.3 is 25.6 Å². The number of nitrogens with zero attached hydrogens (tertiary/aromatic N) is 1. The van der Waals surface area contributed by atoms with Gasteiger partial charge in [-0.15, -0.1) is 11.3 Å². The maximum Gasteiger partial charge on any atom is 0.337 e. The van der Waals surface area contributed by atoms with Gasteiger partial charge >= 0.3 is 5.97 Å². The van der Waals surface area contributed by atoms with Crippen LogP contribution in [0.1, 0.15) is 51.0 Å². The first-order valence-electron chi connectivity index (χ1n) is 11.8. The van der Waals surface area contributed by atoms with Crippen LogP contribution in [0.25, 0.3) is 10.2 Å². The summed E-state index contributed by atoms with van der Waals surface area (Å²) in [7, 11) is -1.15. The quantitative estimate of drug-likeness (QED) is 0.107. The largest absolute Gasteiger partial charge is 0.496 e. The molecule has 0 aliphatic heterocycles. The molecule has 2 atom stereocenters. The van der Waals surface area contributed by atoms with Gasteiger partial charge in [-0.3, -0.25) is 5.41 Å². The van der Waals surface area contributed by atoms with Crippen LogP contribution in [0.5, 0.6) is 5.75 Å². The van der Waals surface area contributed by atoms with Crippen molar-refractivity contribution >= 4 is 43.5 Å². The number of aliphatic hydroxyl groups excluding tert-OH is 1. The van der Waals surface area contributed by atoms with E-state index in [9.17, 15) is 18.3 Å². The summed E-state index contributed by atoms with van der Waals surface area (Å²) in [5.74, 6) is -0.217. The smallest absolute Gasteiger partial charge is 0.337 e. The van der Waals surface area contributed by atoms with Crippen LogP contribution >= 0.6 is 11.3 Å². The number of aromatic nitrogens is 1. The first-order valence-corrected chi connectivity index (χ1v) is 14.1. The number of methoxy groups -OCH3 is 2. The molecule has 0 aliphatic rings. The minimum atomic E-state index is -3.99. The molecule has 3 aromatic rings. The van der Waals surface area contributed by atoms with Gasteiger partial charge in [0, 0.05) is 12.6 Å². The summed E-state index contributed by atoms with van der Waals surface area (Å²) in [6.45, 7) is 5.43. The molecule has 38 heavy (non-hydrogen) atoms. The number of carbonyl (C=O) groups excluding carboxylic acids is 1. The fraction of sp³-hybridized carbons (Fsp3) is 0.400. The van der Waals surface area contributed by atoms with Gasteiger partial charge in [-0.2, -0.15) is 0 Å². The highest BCUT2D eigenvalue weighted by molar-refractivity contribution is 7.90. The number of sulfonamides is 1. The lowest BCUT2D eigenvalue weighted by molar-refractivity contribution is 0.0601. The second kappa shape index (κ2) is 12.1. The number of esters is 1. The van der Waals surface area contributed by atoms with Crippen LogP contribution in [0, 0.1) is 26.2 Å². The molecule has 206 valence electrons. The number of aliphatic hydroxyl groups is 1. The number of nitrogens with one attached hydrogen (secondary N) is 3. The maximum absolute atomic E-state index is 13.0. The number of hydrogen-bond acceptors (Lipinski definition) is 10. The third-order valence-electron chi connectivity index (χ3n) is 6.20. The molecule has 11 nitrogen and oxygen atoms in total. The van der Waals surface area contributed by atoms with Crippen molar-refractivity contribution in [2.24, 2.45) is 5.73 Å². The van der Waals surface area contributed by atoms with Crippen molar-refractivity contribution in [3.63, 3.8) is 0 Å². The summed E-state index contributed by atoms with van der Waals surface area (Å²) < 4.78 is 38.9. The van der Waals surface area contributed by atoms with Crippen molar-refractivity contribution in [1.82, 2.24) is 15.0 Å². The number of thiazole rings is 1. The van der Waals surface area contributed by atoms with E-state index in [1.807, 2.05) is 0 Å². The molecular weight excluding hydrogens is 530 g/mol. The second-order valence-corrected chi connectivity index (χ2v) is 11.5. The van der Waals surface area contributed by atoms with Gasteiger partial charge in [-0.1, -0.05) is 0 Å². The zero-order chi connectivity index (χ0) is 28.2. The summed E-state index contributed by atoms with van der Waals surface area (Å²) in [6, 6.07) is 5.98. The van der Waals surface area contributed by atoms with E-state index in [2.05, 4.69) is 15.0 Å². The average Bonchev–Trinajstić information content (AvgIpc) is 3.30. The van der Waals surface area contributed by atoms with E-state index < -0.39 is 28.1 Å². The molecule has 0 radical (unpaired) electrons. The van der Waals surface area contributed by atoms with Crippen LogP contribution in [0.3, 0.4) is 0 Å². The predicted octanol–water partition coefficient (Wildman–Crippen LogP) is 2.66. The Labute approximate surface area is 225 Å². The third kappa shape index (κ3) is 6.41. The van der Waals surface area contributed by atoms with E-state index in [-0.39, 0.29) is 17.4 Å². The molecule has 0 spiro atoms. The Bertz CT molecular complexity index is 1450. The Morgan fingerprint density at radius 1 is 1.21 bits per heavy atom. The molecule has 3 rings (SSSR count). The van der Waals surface area contributed by atoms with Crippen LogP contribution in [0.15, 0.2) is 29.2 Å². The van der Waals surface area contributed by atoms with Gasteiger partial charge in [0.15, 0.2) is 0 Å². The third-order valence-corrected chi connectivity index (χ3v) is 8.93. The Morgan fingerprint density at radius 3 is 2.58 bits per heavy atom. The predicted molar refractivity (Wildman–Crippen MR) is 146 cm³/mol. The Kier molecular flexibility index (Phi) is 9.31. The molecule has 0 saturated carbocycles. The molecule has 0 saturated heterocycles. The lowest BCUT2D eigenvalue weighted by Crippen LogP contribution is -2.41. The fourth-order valence-corrected chi connectivity index (χ4v) is 6.63. The number of rotatable bonds is 10. The average molecular weight is 564 g/mol. The number of ether oxygens (including phenoxy) is 2. The van der Waals surface area contributed by atoms with E-state index >= 15 is 0 Å². The second-order valence-electron chi connectivity index (χ2n) is 8.86. The van der Waals surface area contributed by atoms with Gasteiger partial charge in [0.05, 0.1) is 34.9 Å². The number of nitrogens with two attached hydrogens (primary N) is 1. The highest BCUT2D eigenvalue weighted by Crippen LogP contribution is 2.31. The van der Waals surface area contributed by atoms with Crippen molar-refractivity contribution in [3.05, 3.63) is 51.5 Å². The molecule has 2 aromatic carbocycles. The molecule has 0 amide bonds. The van der Waals surface area contributed by atoms with E-state index in [1.165, 1.54) is 25.6 Å². The fourth-order valence-electron chi connectivity index (χ4n) is 4.07. The normalized spacial score (nSPS) is 13.1. The van der Waals surface area contributed by atoms with Crippen LogP contribution in [-0.4, -0.2) is 57.2 Å². The first-order chi connectivity index (χ1) is 17.9. The lowest BCUT2D eigenvalue weighted by Gasteiger charge is -2.18. The minimum absolute atomic E-state index is 0.113. The van der Waals surface area contributed by atoms with E-state index in [4.69, 9.17) is 20.6 Å². The van der Waals surface area contributed by atoms with Crippen molar-refractivity contribution in [2.75, 3.05) is 20.8 Å². The monoisotopic (exact) mass is 563 g/mol. The van der Waals surface area contributed by atoms with Crippen molar-refractivity contribution in [3.8, 4) is 5.75 Å². The number of carbonyl (C=O) groups is 1. The summed E-state index contributed by atoms with van der Waals surface area (Å²) in [6.07, 6.45) is -0.150. The van der Waals surface area contributed by atoms with E-state index in [0.717, 1.165) is 4.70 Å². The van der Waals surface area contributed by atoms with Crippen LogP contribution in [-0.2, 0) is 14.8 Å². The van der Waals surface area contributed by atoms with Gasteiger partial charge in [-0.25, -0.2) is 22.9 Å². The van der Waals surface area contributed by atoms with Crippen LogP contribution < -0.4 is 20.5 Å². The molecule has 0 fully saturated rings. The summed E-state index contributed by atoms with van der Waals surface area (Å²) in [5.41, 5.74) is 8.99. The maximum atomic E-state index is 13.0. The number of fused-ring (bicyclic) bond motifs is 1. The number of aryl methyl sites for hydroxylation is 1. The topological polar surface area (TPSA) is 177 Å². The molecule has 6 N–H and O–H groups in total. The standard InChI is InChI=1S/C25H33N5O6S2/c1-13-11-19(35-4)14(2)15(3)22(13)38(33,34)30-25(27)28-10-6-7-17(26)21(31)23-29-18-9-8-16(24(32)36-5)12-20(18)37-23/h8-9,11-12,17,21,31H,6-7,10,26H2,1-5H3,(H3,27,28,30)/t17-,21?/m0/s1. The van der Waals surface area contributed by atoms with Gasteiger partial charge in [-0.05, 0) is 74.6 Å². The molecule has 0 bridgehead atoms. The van der Waals surface area contributed by atoms with Gasteiger partial charge in [0.1, 0.15) is 16.9 Å². The van der Waals surface area contributed by atoms with Crippen LogP contribution in [0.2, 0.25) is 0 Å². The molecule has 0 aliphatic carbocycles. The Hall–Kier alpha value is -3.26. The molecule has 1 aromatic heterocycles. The molecular formula is C25H33N5O6S2. The van der Waals surface area contributed by atoms with E-state index in [0.29, 0.717) is 51.4 Å². The van der Waals surface area contributed by atoms with Crippen molar-refractivity contribution in [1.29, 1.82) is 5.41 Å². The van der Waals surface area contributed by atoms with Crippen molar-refractivity contribution < 1.29 is 27.8 Å². The summed E-state index contributed by atoms with van der Waals surface area (Å²) in [4.78, 5) is 16.3. The van der Waals surface area contributed by atoms with Crippen molar-refractivity contribution in [2.45, 2.75) is 50.7 Å². The molecule has 1 heterocycles. The highest BCUT2D eigenvalue weighted by Gasteiger charge is 2.24. The van der Waals surface area contributed by atoms with Gasteiger partial charge in [0.2, 0.25) is 5.96 Å². The number of guanidine groups is 1. The summed E-state index contributed by atoms with van der Waals surface area (Å²) >= 11 is 1.25. The zero-order valence-electron chi connectivity index (χ0n) is 21.9. The SMILES string of the molecule is COC(=O)c1ccc2nc(C(O)[C@@H](N)CCCNC(=N)NS(=O)(=O)c3c(C)cc(OC)c(C)c3C)sc2c1. The molecule has 13 heteroatoms. The Balaban J connectivity index is 1.54. The van der Waals surface area contributed by atoms with E-state index in [1.54, 1.807) is 45.0 Å². The number of hydrogen-bond donors (Lipinski definition) is 5. The molecule has 1 unspecified atom stereocenters.